The van der Waals surface area contributed by atoms with Crippen LogP contribution in [0.25, 0.3) is 0 Å². The van der Waals surface area contributed by atoms with E-state index in [2.05, 4.69) is 12.2 Å². The molecule has 6 aliphatic rings. The van der Waals surface area contributed by atoms with Gasteiger partial charge in [-0.2, -0.15) is 0 Å². The molecule has 0 aromatic heterocycles. The summed E-state index contributed by atoms with van der Waals surface area (Å²) in [5, 5.41) is 0. The Hall–Kier alpha value is -3.94. The Morgan fingerprint density at radius 2 is 1.58 bits per heavy atom. The zero-order chi connectivity index (χ0) is 26.1. The summed E-state index contributed by atoms with van der Waals surface area (Å²) in [7, 11) is 0. The molecule has 8 rings (SSSR count). The van der Waals surface area contributed by atoms with Crippen molar-refractivity contribution in [1.29, 1.82) is 0 Å². The monoisotopic (exact) mass is 512 g/mol. The van der Waals surface area contributed by atoms with Crippen molar-refractivity contribution in [2.45, 2.75) is 19.8 Å². The van der Waals surface area contributed by atoms with E-state index in [1.54, 1.807) is 41.3 Å². The minimum atomic E-state index is -0.615. The molecule has 2 heterocycles. The van der Waals surface area contributed by atoms with E-state index in [9.17, 15) is 19.2 Å². The van der Waals surface area contributed by atoms with Gasteiger partial charge in [0, 0.05) is 13.0 Å². The van der Waals surface area contributed by atoms with Crippen molar-refractivity contribution in [2.24, 2.45) is 41.4 Å². The Morgan fingerprint density at radius 1 is 0.921 bits per heavy atom. The van der Waals surface area contributed by atoms with Crippen LogP contribution in [0.1, 0.15) is 19.8 Å². The maximum atomic E-state index is 13.3. The number of esters is 1. The van der Waals surface area contributed by atoms with E-state index in [0.29, 0.717) is 41.3 Å². The maximum absolute atomic E-state index is 13.3. The number of ether oxygens (including phenoxy) is 2. The molecule has 0 N–H and O–H groups in total. The van der Waals surface area contributed by atoms with E-state index in [1.165, 1.54) is 4.90 Å². The largest absolute Gasteiger partial charge is 0.492 e. The summed E-state index contributed by atoms with van der Waals surface area (Å²) in [6, 6.07) is 13.8. The normalized spacial score (nSPS) is 32.4. The van der Waals surface area contributed by atoms with Gasteiger partial charge < -0.3 is 14.4 Å². The molecule has 2 aliphatic heterocycles. The molecule has 7 atom stereocenters. The van der Waals surface area contributed by atoms with Crippen molar-refractivity contribution >= 4 is 35.1 Å². The number of anilines is 2. The Labute approximate surface area is 220 Å². The van der Waals surface area contributed by atoms with Crippen molar-refractivity contribution in [1.82, 2.24) is 0 Å². The lowest BCUT2D eigenvalue weighted by Crippen LogP contribution is -2.40. The second-order valence-corrected chi connectivity index (χ2v) is 10.9. The lowest BCUT2D eigenvalue weighted by molar-refractivity contribution is -0.139. The molecule has 38 heavy (non-hydrogen) atoms. The van der Waals surface area contributed by atoms with Gasteiger partial charge in [-0.05, 0) is 73.4 Å². The Bertz CT molecular complexity index is 1350. The minimum Gasteiger partial charge on any atom is -0.492 e. The number of benzene rings is 2. The summed E-state index contributed by atoms with van der Waals surface area (Å²) in [4.78, 5) is 55.2. The van der Waals surface area contributed by atoms with E-state index in [4.69, 9.17) is 9.47 Å². The second-order valence-electron chi connectivity index (χ2n) is 10.9. The molecule has 194 valence electrons. The van der Waals surface area contributed by atoms with E-state index in [-0.39, 0.29) is 54.4 Å². The lowest BCUT2D eigenvalue weighted by atomic mass is 9.63. The highest BCUT2D eigenvalue weighted by molar-refractivity contribution is 6.22. The summed E-state index contributed by atoms with van der Waals surface area (Å²) < 4.78 is 11.2. The average molecular weight is 513 g/mol. The zero-order valence-corrected chi connectivity index (χ0v) is 21.0. The third kappa shape index (κ3) is 3.42. The van der Waals surface area contributed by atoms with Gasteiger partial charge >= 0.3 is 5.97 Å². The first-order chi connectivity index (χ1) is 18.5. The number of para-hydroxylation sites is 2. The molecular weight excluding hydrogens is 484 g/mol. The number of rotatable bonds is 6. The van der Waals surface area contributed by atoms with Gasteiger partial charge in [-0.15, -0.1) is 0 Å². The Kier molecular flexibility index (Phi) is 5.22. The SMILES string of the molecule is CCOc1ccccc1N1C[C@H](C(=O)Oc2ccc(N3C(=O)[C@@H]4[C@H]5C=C[C@@H]([C@@H]6C[C@@H]56)[C@@H]4C3=O)cc2)CC1=O. The highest BCUT2D eigenvalue weighted by Gasteiger charge is 2.67. The van der Waals surface area contributed by atoms with Crippen molar-refractivity contribution in [2.75, 3.05) is 23.0 Å². The molecule has 2 aromatic carbocycles. The van der Waals surface area contributed by atoms with Gasteiger partial charge in [0.25, 0.3) is 0 Å². The van der Waals surface area contributed by atoms with Gasteiger partial charge in [0.05, 0.1) is 35.7 Å². The second kappa shape index (κ2) is 8.55. The molecule has 0 unspecified atom stereocenters. The summed E-state index contributed by atoms with van der Waals surface area (Å²) in [5.41, 5.74) is 1.14. The van der Waals surface area contributed by atoms with Gasteiger partial charge in [0.15, 0.2) is 0 Å². The number of amides is 3. The summed E-state index contributed by atoms with van der Waals surface area (Å²) in [6.07, 6.45) is 5.48. The standard InChI is InChI=1S/C30H28N2O6/c1-2-37-24-6-4-3-5-23(24)31-15-16(13-25(31)33)30(36)38-18-9-7-17(8-10-18)32-28(34)26-19-11-12-20(22-14-21(19)22)27(26)29(32)35/h3-12,16,19-22,26-27H,2,13-15H2,1H3/t16-,19+,20+,21+,22+,26-,27+/m1/s1. The Morgan fingerprint density at radius 3 is 2.24 bits per heavy atom. The number of imide groups is 1. The third-order valence-corrected chi connectivity index (χ3v) is 8.89. The number of hydrogen-bond acceptors (Lipinski definition) is 6. The zero-order valence-electron chi connectivity index (χ0n) is 21.0. The quantitative estimate of drug-likeness (QED) is 0.254. The third-order valence-electron chi connectivity index (χ3n) is 8.89. The molecule has 0 spiro atoms. The van der Waals surface area contributed by atoms with Crippen molar-refractivity contribution in [3.63, 3.8) is 0 Å². The Balaban J connectivity index is 1.03. The van der Waals surface area contributed by atoms with E-state index in [0.717, 1.165) is 6.42 Å². The molecule has 0 radical (unpaired) electrons. The van der Waals surface area contributed by atoms with E-state index in [1.807, 2.05) is 19.1 Å². The number of hydrogen-bond donors (Lipinski definition) is 0. The number of allylic oxidation sites excluding steroid dienone is 2. The van der Waals surface area contributed by atoms with Crippen LogP contribution in [-0.2, 0) is 19.2 Å². The smallest absolute Gasteiger partial charge is 0.316 e. The summed E-state index contributed by atoms with van der Waals surface area (Å²) >= 11 is 0. The highest BCUT2D eigenvalue weighted by Crippen LogP contribution is 2.65. The van der Waals surface area contributed by atoms with Crippen LogP contribution < -0.4 is 19.3 Å². The molecular formula is C30H28N2O6. The molecule has 8 heteroatoms. The molecule has 2 bridgehead atoms. The fourth-order valence-electron chi connectivity index (χ4n) is 7.13. The van der Waals surface area contributed by atoms with Crippen molar-refractivity contribution in [3.05, 3.63) is 60.7 Å². The molecule has 3 amide bonds. The molecule has 2 saturated carbocycles. The first kappa shape index (κ1) is 23.2. The number of nitrogens with zero attached hydrogens (tertiary/aromatic N) is 2. The fraction of sp³-hybridized carbons (Fsp3) is 0.400. The van der Waals surface area contributed by atoms with Gasteiger partial charge in [-0.1, -0.05) is 24.3 Å². The van der Waals surface area contributed by atoms with Crippen LogP contribution in [0.2, 0.25) is 0 Å². The van der Waals surface area contributed by atoms with Crippen LogP contribution in [-0.4, -0.2) is 36.8 Å². The van der Waals surface area contributed by atoms with Crippen LogP contribution in [0.4, 0.5) is 11.4 Å². The predicted molar refractivity (Wildman–Crippen MR) is 137 cm³/mol. The van der Waals surface area contributed by atoms with Gasteiger partial charge in [-0.25, -0.2) is 0 Å². The first-order valence-corrected chi connectivity index (χ1v) is 13.4. The summed E-state index contributed by atoms with van der Waals surface area (Å²) in [6.45, 7) is 2.55. The van der Waals surface area contributed by atoms with Gasteiger partial charge in [0.2, 0.25) is 17.7 Å². The maximum Gasteiger partial charge on any atom is 0.316 e. The number of carbonyl (C=O) groups excluding carboxylic acids is 4. The van der Waals surface area contributed by atoms with Crippen molar-refractivity contribution < 1.29 is 28.7 Å². The topological polar surface area (TPSA) is 93.2 Å². The van der Waals surface area contributed by atoms with Crippen molar-refractivity contribution in [3.8, 4) is 11.5 Å². The highest BCUT2D eigenvalue weighted by atomic mass is 16.5. The average Bonchev–Trinajstić information content (AvgIpc) is 3.60. The van der Waals surface area contributed by atoms with Crippen LogP contribution in [0, 0.1) is 41.4 Å². The molecule has 4 aliphatic carbocycles. The van der Waals surface area contributed by atoms with Crippen LogP contribution in [0.5, 0.6) is 11.5 Å². The number of carbonyl (C=O) groups is 4. The van der Waals surface area contributed by atoms with E-state index < -0.39 is 11.9 Å². The van der Waals surface area contributed by atoms with Crippen LogP contribution in [0.3, 0.4) is 0 Å². The van der Waals surface area contributed by atoms with E-state index >= 15 is 0 Å². The summed E-state index contributed by atoms with van der Waals surface area (Å²) in [5.74, 6) is 0.325. The molecule has 8 nitrogen and oxygen atoms in total. The minimum absolute atomic E-state index is 0.0509. The lowest BCUT2D eigenvalue weighted by Gasteiger charge is -2.37. The van der Waals surface area contributed by atoms with Gasteiger partial charge in [-0.3, -0.25) is 24.1 Å². The molecule has 2 aromatic rings. The van der Waals surface area contributed by atoms with Crippen LogP contribution >= 0.6 is 0 Å². The van der Waals surface area contributed by atoms with Gasteiger partial charge in [0.1, 0.15) is 11.5 Å². The fourth-order valence-corrected chi connectivity index (χ4v) is 7.13. The molecule has 4 fully saturated rings. The predicted octanol–water partition coefficient (Wildman–Crippen LogP) is 3.60. The first-order valence-electron chi connectivity index (χ1n) is 13.4. The molecule has 2 saturated heterocycles. The van der Waals surface area contributed by atoms with Crippen LogP contribution in [0.15, 0.2) is 60.7 Å².